The molecule has 0 fully saturated rings. The molecule has 1 atom stereocenters. The molecule has 0 aliphatic rings. The van der Waals surface area contributed by atoms with Crippen LogP contribution >= 0.6 is 11.8 Å². The summed E-state index contributed by atoms with van der Waals surface area (Å²) in [7, 11) is 5.16. The van der Waals surface area contributed by atoms with Crippen molar-refractivity contribution in [2.24, 2.45) is 5.73 Å². The van der Waals surface area contributed by atoms with E-state index in [4.69, 9.17) is 5.73 Å². The number of amides is 2. The van der Waals surface area contributed by atoms with Crippen LogP contribution in [0.25, 0.3) is 0 Å². The standard InChI is InChI=1S/C24H26N6O2S/c1-7-16-17(12-25)23(29(4)5)28-24(18(16)13-26)33-21(22(27)32)15-9-10-19(14(3)11-15)30(6)20(31)8-2/h8-11,21H,2,7H2,1,3-6H3,(H2,27,32). The summed E-state index contributed by atoms with van der Waals surface area (Å²) in [5, 5.41) is 19.0. The molecule has 0 saturated heterocycles. The Kier molecular flexibility index (Phi) is 8.22. The van der Waals surface area contributed by atoms with Crippen molar-refractivity contribution in [2.75, 3.05) is 30.9 Å². The van der Waals surface area contributed by atoms with Gasteiger partial charge in [0, 0.05) is 26.8 Å². The maximum Gasteiger partial charge on any atom is 0.250 e. The molecule has 2 aromatic rings. The van der Waals surface area contributed by atoms with Gasteiger partial charge in [-0.2, -0.15) is 10.5 Å². The zero-order valence-corrected chi connectivity index (χ0v) is 20.2. The minimum Gasteiger partial charge on any atom is -0.368 e. The zero-order valence-electron chi connectivity index (χ0n) is 19.3. The maximum absolute atomic E-state index is 12.4. The van der Waals surface area contributed by atoms with Gasteiger partial charge in [-0.1, -0.05) is 37.4 Å². The summed E-state index contributed by atoms with van der Waals surface area (Å²) >= 11 is 1.07. The summed E-state index contributed by atoms with van der Waals surface area (Å²) in [5.74, 6) is -0.423. The summed E-state index contributed by atoms with van der Waals surface area (Å²) in [6.45, 7) is 7.19. The van der Waals surface area contributed by atoms with Gasteiger partial charge in [0.2, 0.25) is 11.8 Å². The van der Waals surface area contributed by atoms with Crippen LogP contribution in [0.5, 0.6) is 0 Å². The van der Waals surface area contributed by atoms with Crippen LogP contribution in [-0.2, 0) is 16.0 Å². The highest BCUT2D eigenvalue weighted by Crippen LogP contribution is 2.40. The molecule has 2 amide bonds. The molecule has 2 rings (SSSR count). The second-order valence-corrected chi connectivity index (χ2v) is 8.58. The number of nitrogens with zero attached hydrogens (tertiary/aromatic N) is 5. The molecule has 8 nitrogen and oxygen atoms in total. The number of benzene rings is 1. The number of likely N-dealkylation sites (N-methyl/N-ethyl adjacent to an activating group) is 1. The molecule has 0 bridgehead atoms. The van der Waals surface area contributed by atoms with E-state index in [0.29, 0.717) is 39.6 Å². The molecule has 0 aliphatic heterocycles. The van der Waals surface area contributed by atoms with Crippen LogP contribution in [0.1, 0.15) is 40.0 Å². The van der Waals surface area contributed by atoms with E-state index in [1.807, 2.05) is 13.8 Å². The quantitative estimate of drug-likeness (QED) is 0.471. The predicted molar refractivity (Wildman–Crippen MR) is 130 cm³/mol. The third-order valence-electron chi connectivity index (χ3n) is 5.13. The van der Waals surface area contributed by atoms with E-state index >= 15 is 0 Å². The van der Waals surface area contributed by atoms with Gasteiger partial charge in [-0.3, -0.25) is 9.59 Å². The number of rotatable bonds is 8. The van der Waals surface area contributed by atoms with Gasteiger partial charge in [-0.25, -0.2) is 4.98 Å². The first-order chi connectivity index (χ1) is 15.6. The zero-order chi connectivity index (χ0) is 24.9. The lowest BCUT2D eigenvalue weighted by atomic mass is 10.0. The highest BCUT2D eigenvalue weighted by molar-refractivity contribution is 8.00. The van der Waals surface area contributed by atoms with Crippen LogP contribution in [-0.4, -0.2) is 37.9 Å². The number of hydrogen-bond acceptors (Lipinski definition) is 7. The van der Waals surface area contributed by atoms with Crippen molar-refractivity contribution in [3.05, 3.63) is 58.7 Å². The smallest absolute Gasteiger partial charge is 0.250 e. The highest BCUT2D eigenvalue weighted by Gasteiger charge is 2.27. The molecule has 0 aliphatic carbocycles. The van der Waals surface area contributed by atoms with Crippen LogP contribution < -0.4 is 15.5 Å². The lowest BCUT2D eigenvalue weighted by Crippen LogP contribution is -2.25. The molecule has 170 valence electrons. The van der Waals surface area contributed by atoms with Crippen molar-refractivity contribution in [2.45, 2.75) is 30.5 Å². The Balaban J connectivity index is 2.61. The van der Waals surface area contributed by atoms with Crippen molar-refractivity contribution in [3.63, 3.8) is 0 Å². The van der Waals surface area contributed by atoms with Gasteiger partial charge in [0.05, 0.1) is 11.1 Å². The number of nitriles is 2. The number of hydrogen-bond donors (Lipinski definition) is 1. The van der Waals surface area contributed by atoms with Crippen LogP contribution in [0.3, 0.4) is 0 Å². The van der Waals surface area contributed by atoms with Gasteiger partial charge < -0.3 is 15.5 Å². The van der Waals surface area contributed by atoms with Gasteiger partial charge in [0.25, 0.3) is 0 Å². The third-order valence-corrected chi connectivity index (χ3v) is 6.39. The van der Waals surface area contributed by atoms with Crippen molar-refractivity contribution < 1.29 is 9.59 Å². The van der Waals surface area contributed by atoms with Gasteiger partial charge in [0.15, 0.2) is 0 Å². The molecule has 1 aromatic heterocycles. The summed E-state index contributed by atoms with van der Waals surface area (Å²) < 4.78 is 0. The van der Waals surface area contributed by atoms with Crippen molar-refractivity contribution in [1.29, 1.82) is 10.5 Å². The molecule has 1 aromatic carbocycles. The maximum atomic E-state index is 12.4. The number of aromatic nitrogens is 1. The fourth-order valence-corrected chi connectivity index (χ4v) is 4.52. The van der Waals surface area contributed by atoms with Gasteiger partial charge >= 0.3 is 0 Å². The Hall–Kier alpha value is -3.82. The second-order valence-electron chi connectivity index (χ2n) is 7.49. The molecule has 2 N–H and O–H groups in total. The fraction of sp³-hybridized carbons (Fsp3) is 0.292. The Bertz CT molecular complexity index is 1190. The monoisotopic (exact) mass is 462 g/mol. The topological polar surface area (TPSA) is 127 Å². The van der Waals surface area contributed by atoms with E-state index in [1.165, 1.54) is 11.0 Å². The van der Waals surface area contributed by atoms with E-state index in [0.717, 1.165) is 17.3 Å². The first kappa shape index (κ1) is 25.4. The lowest BCUT2D eigenvalue weighted by Gasteiger charge is -2.22. The van der Waals surface area contributed by atoms with Crippen molar-refractivity contribution in [1.82, 2.24) is 4.98 Å². The number of pyridine rings is 1. The fourth-order valence-electron chi connectivity index (χ4n) is 3.47. The van der Waals surface area contributed by atoms with E-state index in [9.17, 15) is 20.1 Å². The van der Waals surface area contributed by atoms with Gasteiger partial charge in [0.1, 0.15) is 28.2 Å². The van der Waals surface area contributed by atoms with E-state index in [1.54, 1.807) is 44.2 Å². The summed E-state index contributed by atoms with van der Waals surface area (Å²) in [6, 6.07) is 9.54. The van der Waals surface area contributed by atoms with E-state index < -0.39 is 11.2 Å². The molecule has 1 unspecified atom stereocenters. The molecule has 0 spiro atoms. The molecular formula is C24H26N6O2S. The average molecular weight is 463 g/mol. The summed E-state index contributed by atoms with van der Waals surface area (Å²) in [4.78, 5) is 32.1. The molecule has 33 heavy (non-hydrogen) atoms. The van der Waals surface area contributed by atoms with Gasteiger partial charge in [-0.15, -0.1) is 0 Å². The Morgan fingerprint density at radius 3 is 2.33 bits per heavy atom. The summed E-state index contributed by atoms with van der Waals surface area (Å²) in [5.41, 5.74) is 8.99. The van der Waals surface area contributed by atoms with Crippen molar-refractivity contribution in [3.8, 4) is 12.1 Å². The molecule has 0 saturated carbocycles. The Morgan fingerprint density at radius 1 is 1.24 bits per heavy atom. The SMILES string of the molecule is C=CC(=O)N(C)c1ccc(C(Sc2nc(N(C)C)c(C#N)c(CC)c2C#N)C(N)=O)cc1C. The average Bonchev–Trinajstić information content (AvgIpc) is 2.79. The first-order valence-electron chi connectivity index (χ1n) is 10.1. The summed E-state index contributed by atoms with van der Waals surface area (Å²) in [6.07, 6.45) is 1.68. The van der Waals surface area contributed by atoms with Crippen LogP contribution in [0, 0.1) is 29.6 Å². The molecule has 9 heteroatoms. The number of aryl methyl sites for hydroxylation is 1. The molecular weight excluding hydrogens is 436 g/mol. The molecule has 0 radical (unpaired) electrons. The predicted octanol–water partition coefficient (Wildman–Crippen LogP) is 3.23. The van der Waals surface area contributed by atoms with Crippen molar-refractivity contribution >= 4 is 35.1 Å². The number of primary amides is 1. The first-order valence-corrected chi connectivity index (χ1v) is 11.0. The van der Waals surface area contributed by atoms with Gasteiger partial charge in [-0.05, 0) is 42.2 Å². The van der Waals surface area contributed by atoms with Crippen LogP contribution in [0.15, 0.2) is 35.9 Å². The number of thioether (sulfide) groups is 1. The number of carbonyl (C=O) groups excluding carboxylic acids is 2. The number of nitrogens with two attached hydrogens (primary N) is 1. The van der Waals surface area contributed by atoms with Crippen LogP contribution in [0.2, 0.25) is 0 Å². The minimum absolute atomic E-state index is 0.254. The normalized spacial score (nSPS) is 11.1. The molecule has 1 heterocycles. The lowest BCUT2D eigenvalue weighted by molar-refractivity contribution is -0.117. The largest absolute Gasteiger partial charge is 0.368 e. The Labute approximate surface area is 198 Å². The van der Waals surface area contributed by atoms with E-state index in [-0.39, 0.29) is 11.5 Å². The second kappa shape index (κ2) is 10.7. The Morgan fingerprint density at radius 2 is 1.88 bits per heavy atom. The van der Waals surface area contributed by atoms with Crippen LogP contribution in [0.4, 0.5) is 11.5 Å². The number of carbonyl (C=O) groups is 2. The highest BCUT2D eigenvalue weighted by atomic mass is 32.2. The third kappa shape index (κ3) is 5.16. The number of anilines is 2. The van der Waals surface area contributed by atoms with E-state index in [2.05, 4.69) is 23.7 Å². The minimum atomic E-state index is -0.828.